The lowest BCUT2D eigenvalue weighted by molar-refractivity contribution is -0.307. The highest BCUT2D eigenvalue weighted by molar-refractivity contribution is 5.88. The van der Waals surface area contributed by atoms with Gasteiger partial charge in [-0.15, -0.1) is 0 Å². The first-order valence-electron chi connectivity index (χ1n) is 12.7. The minimum absolute atomic E-state index is 0.0304. The number of hydrogen-bond acceptors (Lipinski definition) is 14. The Morgan fingerprint density at radius 1 is 0.878 bits per heavy atom. The van der Waals surface area contributed by atoms with Crippen LogP contribution in [0.2, 0.25) is 0 Å². The van der Waals surface area contributed by atoms with E-state index in [2.05, 4.69) is 0 Å². The molecule has 14 heteroatoms. The number of aliphatic hydroxyl groups excluding tert-OH is 6. The topological polar surface area (TPSA) is 218 Å². The Bertz CT molecular complexity index is 1410. The third kappa shape index (κ3) is 5.74. The second-order valence-corrected chi connectivity index (χ2v) is 9.74. The molecule has 5 rings (SSSR count). The van der Waals surface area contributed by atoms with Crippen LogP contribution in [0.25, 0.3) is 22.1 Å². The van der Waals surface area contributed by atoms with Crippen LogP contribution in [0, 0.1) is 0 Å². The van der Waals surface area contributed by atoms with Gasteiger partial charge in [-0.2, -0.15) is 0 Å². The van der Waals surface area contributed by atoms with E-state index in [4.69, 9.17) is 28.1 Å². The third-order valence-corrected chi connectivity index (χ3v) is 7.03. The van der Waals surface area contributed by atoms with Gasteiger partial charge < -0.3 is 63.8 Å². The summed E-state index contributed by atoms with van der Waals surface area (Å²) in [5.74, 6) is 0.0306. The van der Waals surface area contributed by atoms with E-state index in [0.717, 1.165) is 6.07 Å². The van der Waals surface area contributed by atoms with E-state index < -0.39 is 73.1 Å². The normalized spacial score (nSPS) is 32.1. The monoisotopic (exact) mass is 578 g/mol. The van der Waals surface area contributed by atoms with Crippen LogP contribution in [0.15, 0.2) is 51.9 Å². The van der Waals surface area contributed by atoms with Crippen molar-refractivity contribution < 1.29 is 63.8 Å². The van der Waals surface area contributed by atoms with E-state index in [1.165, 1.54) is 19.4 Å². The molecular weight excluding hydrogens is 548 g/mol. The summed E-state index contributed by atoms with van der Waals surface area (Å²) in [6.45, 7) is -0.783. The second-order valence-electron chi connectivity index (χ2n) is 9.74. The number of aliphatic hydroxyl groups is 6. The van der Waals surface area contributed by atoms with E-state index in [9.17, 15) is 40.5 Å². The molecule has 2 aliphatic rings. The van der Waals surface area contributed by atoms with Gasteiger partial charge in [-0.3, -0.25) is 4.79 Å². The van der Waals surface area contributed by atoms with Crippen molar-refractivity contribution in [1.82, 2.24) is 0 Å². The van der Waals surface area contributed by atoms with Crippen molar-refractivity contribution >= 4 is 11.0 Å². The first-order chi connectivity index (χ1) is 19.6. The average Bonchev–Trinajstić information content (AvgIpc) is 2.96. The Labute approximate surface area is 232 Å². The van der Waals surface area contributed by atoms with E-state index in [1.54, 1.807) is 24.3 Å². The molecule has 3 aromatic rings. The molecule has 2 saturated heterocycles. The maximum absolute atomic E-state index is 13.2. The van der Waals surface area contributed by atoms with Crippen molar-refractivity contribution in [2.24, 2.45) is 0 Å². The van der Waals surface area contributed by atoms with Crippen molar-refractivity contribution in [1.29, 1.82) is 0 Å². The summed E-state index contributed by atoms with van der Waals surface area (Å²) >= 11 is 0. The lowest BCUT2D eigenvalue weighted by Crippen LogP contribution is -2.61. The van der Waals surface area contributed by atoms with Crippen LogP contribution in [0.5, 0.6) is 17.2 Å². The maximum atomic E-state index is 13.2. The van der Waals surface area contributed by atoms with Gasteiger partial charge in [-0.05, 0) is 17.7 Å². The number of phenols is 1. The number of hydrogen-bond donors (Lipinski definition) is 7. The summed E-state index contributed by atoms with van der Waals surface area (Å²) in [6.07, 6.45) is -12.6. The van der Waals surface area contributed by atoms with Gasteiger partial charge in [-0.1, -0.05) is 12.1 Å². The van der Waals surface area contributed by atoms with Gasteiger partial charge in [-0.25, -0.2) is 0 Å². The predicted octanol–water partition coefficient (Wildman–Crippen LogP) is -1.18. The van der Waals surface area contributed by atoms with Gasteiger partial charge in [0.05, 0.1) is 25.9 Å². The van der Waals surface area contributed by atoms with Crippen molar-refractivity contribution in [2.45, 2.75) is 55.3 Å². The number of aromatic hydroxyl groups is 1. The smallest absolute Gasteiger partial charge is 0.229 e. The minimum Gasteiger partial charge on any atom is -0.507 e. The molecule has 0 radical (unpaired) electrons. The fraction of sp³-hybridized carbons (Fsp3) is 0.444. The molecule has 0 saturated carbocycles. The van der Waals surface area contributed by atoms with Gasteiger partial charge in [0.2, 0.25) is 11.7 Å². The van der Waals surface area contributed by atoms with Crippen molar-refractivity contribution in [3.63, 3.8) is 0 Å². The van der Waals surface area contributed by atoms with E-state index in [-0.39, 0.29) is 28.9 Å². The molecule has 0 aliphatic carbocycles. The van der Waals surface area contributed by atoms with Gasteiger partial charge in [0, 0.05) is 12.1 Å². The fourth-order valence-electron chi connectivity index (χ4n) is 4.65. The Balaban J connectivity index is 1.33. The summed E-state index contributed by atoms with van der Waals surface area (Å²) in [4.78, 5) is 13.2. The molecule has 9 atom stereocenters. The van der Waals surface area contributed by atoms with E-state index in [1.807, 2.05) is 0 Å². The molecule has 0 bridgehead atoms. The van der Waals surface area contributed by atoms with Crippen LogP contribution in [0.4, 0.5) is 0 Å². The highest BCUT2D eigenvalue weighted by Crippen LogP contribution is 2.33. The number of methoxy groups -OCH3 is 1. The highest BCUT2D eigenvalue weighted by Gasteiger charge is 2.46. The molecule has 0 amide bonds. The largest absolute Gasteiger partial charge is 0.507 e. The molecule has 3 heterocycles. The van der Waals surface area contributed by atoms with Gasteiger partial charge in [0.25, 0.3) is 0 Å². The van der Waals surface area contributed by atoms with Gasteiger partial charge in [0.15, 0.2) is 6.29 Å². The lowest BCUT2D eigenvalue weighted by atomic mass is 9.99. The SMILES string of the molecule is COc1ccc(-c2coc3cc(O[C@@H]4O[C@H](CO[C@@H]5OC[C@@H](O)[C@H](O)[C@H]5O)[C@@H](O)[C@H](O)[C@H]4O)cc(O)c3c2=O)cc1. The minimum atomic E-state index is -1.74. The molecule has 2 aliphatic heterocycles. The Morgan fingerprint density at radius 3 is 2.29 bits per heavy atom. The summed E-state index contributed by atoms with van der Waals surface area (Å²) in [6, 6.07) is 9.07. The third-order valence-electron chi connectivity index (χ3n) is 7.03. The molecule has 0 unspecified atom stereocenters. The summed E-state index contributed by atoms with van der Waals surface area (Å²) in [7, 11) is 1.52. The number of fused-ring (bicyclic) bond motifs is 1. The van der Waals surface area contributed by atoms with E-state index >= 15 is 0 Å². The average molecular weight is 579 g/mol. The highest BCUT2D eigenvalue weighted by atomic mass is 16.7. The van der Waals surface area contributed by atoms with Crippen LogP contribution in [-0.4, -0.2) is 111 Å². The fourth-order valence-corrected chi connectivity index (χ4v) is 4.65. The Morgan fingerprint density at radius 2 is 1.59 bits per heavy atom. The zero-order valence-corrected chi connectivity index (χ0v) is 21.6. The van der Waals surface area contributed by atoms with Crippen LogP contribution >= 0.6 is 0 Å². The van der Waals surface area contributed by atoms with Crippen molar-refractivity contribution in [3.05, 3.63) is 52.9 Å². The van der Waals surface area contributed by atoms with Crippen molar-refractivity contribution in [3.8, 4) is 28.4 Å². The quantitative estimate of drug-likeness (QED) is 0.176. The van der Waals surface area contributed by atoms with Gasteiger partial charge in [0.1, 0.15) is 77.2 Å². The summed E-state index contributed by atoms with van der Waals surface area (Å²) in [5, 5.41) is 71.2. The van der Waals surface area contributed by atoms with E-state index in [0.29, 0.717) is 11.3 Å². The zero-order valence-electron chi connectivity index (χ0n) is 21.6. The van der Waals surface area contributed by atoms with Crippen LogP contribution < -0.4 is 14.9 Å². The standard InChI is InChI=1S/C27H30O14/c1-36-12-4-2-11(3-5-12)14-8-37-17-7-13(6-15(28)19(17)20(14)30)40-27-25(35)23(33)22(32)18(41-27)10-39-26-24(34)21(31)16(29)9-38-26/h2-8,16,18,21-29,31-35H,9-10H2,1H3/t16-,18-,21+,22-,23+,24-,25-,26+,27-/m1/s1. The molecule has 0 spiro atoms. The molecular formula is C27H30O14. The number of phenolic OH excluding ortho intramolecular Hbond substituents is 1. The molecule has 1 aromatic heterocycles. The molecule has 2 aromatic carbocycles. The zero-order chi connectivity index (χ0) is 29.4. The molecule has 14 nitrogen and oxygen atoms in total. The lowest BCUT2D eigenvalue weighted by Gasteiger charge is -2.41. The molecule has 7 N–H and O–H groups in total. The predicted molar refractivity (Wildman–Crippen MR) is 137 cm³/mol. The molecule has 41 heavy (non-hydrogen) atoms. The molecule has 222 valence electrons. The summed E-state index contributed by atoms with van der Waals surface area (Å²) < 4.78 is 32.5. The maximum Gasteiger partial charge on any atom is 0.229 e. The van der Waals surface area contributed by atoms with Crippen LogP contribution in [0.3, 0.4) is 0 Å². The number of benzene rings is 2. The molecule has 2 fully saturated rings. The number of ether oxygens (including phenoxy) is 5. The Kier molecular flexibility index (Phi) is 8.47. The summed E-state index contributed by atoms with van der Waals surface area (Å²) in [5.41, 5.74) is 0.203. The first kappa shape index (κ1) is 29.2. The number of rotatable bonds is 7. The van der Waals surface area contributed by atoms with Gasteiger partial charge >= 0.3 is 0 Å². The Hall–Kier alpha value is -3.31. The van der Waals surface area contributed by atoms with Crippen LogP contribution in [-0.2, 0) is 14.2 Å². The first-order valence-corrected chi connectivity index (χ1v) is 12.7. The van der Waals surface area contributed by atoms with Crippen LogP contribution in [0.1, 0.15) is 0 Å². The van der Waals surface area contributed by atoms with Crippen molar-refractivity contribution in [2.75, 3.05) is 20.3 Å². The second kappa shape index (κ2) is 11.9.